The van der Waals surface area contributed by atoms with Crippen LogP contribution in [0.15, 0.2) is 4.99 Å². The van der Waals surface area contributed by atoms with Crippen LogP contribution in [0, 0.1) is 0 Å². The number of ether oxygens (including phenoxy) is 1. The highest BCUT2D eigenvalue weighted by atomic mass is 16.5. The topological polar surface area (TPSA) is 69.1 Å². The standard InChI is InChI=1S/C15H32N4O2/c1-4-6-7-17-14(16-5-2)18-12-15(3,20)13-19-8-10-21-11-9-19/h20H,4-13H2,1-3H3,(H2,16,17,18). The Morgan fingerprint density at radius 1 is 1.29 bits per heavy atom. The number of aliphatic imine (C=N–C) groups is 1. The van der Waals surface area contributed by atoms with Gasteiger partial charge in [0.05, 0.1) is 25.4 Å². The largest absolute Gasteiger partial charge is 0.387 e. The predicted octanol–water partition coefficient (Wildman–Crippen LogP) is 0.425. The van der Waals surface area contributed by atoms with Gasteiger partial charge in [-0.15, -0.1) is 0 Å². The van der Waals surface area contributed by atoms with Crippen molar-refractivity contribution in [3.05, 3.63) is 0 Å². The number of unbranched alkanes of at least 4 members (excludes halogenated alkanes) is 1. The first-order valence-electron chi connectivity index (χ1n) is 8.12. The summed E-state index contributed by atoms with van der Waals surface area (Å²) in [5.41, 5.74) is -0.815. The second kappa shape index (κ2) is 9.97. The zero-order valence-corrected chi connectivity index (χ0v) is 13.8. The van der Waals surface area contributed by atoms with E-state index in [-0.39, 0.29) is 0 Å². The first-order chi connectivity index (χ1) is 10.1. The molecule has 1 aliphatic rings. The minimum absolute atomic E-state index is 0.395. The number of hydrogen-bond acceptors (Lipinski definition) is 4. The molecule has 1 unspecified atom stereocenters. The van der Waals surface area contributed by atoms with E-state index >= 15 is 0 Å². The van der Waals surface area contributed by atoms with Crippen LogP contribution in [0.4, 0.5) is 0 Å². The van der Waals surface area contributed by atoms with Crippen molar-refractivity contribution >= 4 is 5.96 Å². The van der Waals surface area contributed by atoms with Crippen molar-refractivity contribution in [2.75, 3.05) is 52.5 Å². The smallest absolute Gasteiger partial charge is 0.191 e. The Balaban J connectivity index is 2.42. The highest BCUT2D eigenvalue weighted by Crippen LogP contribution is 2.09. The van der Waals surface area contributed by atoms with E-state index in [1.165, 1.54) is 0 Å². The third-order valence-electron chi connectivity index (χ3n) is 3.41. The summed E-state index contributed by atoms with van der Waals surface area (Å²) in [4.78, 5) is 6.74. The third-order valence-corrected chi connectivity index (χ3v) is 3.41. The van der Waals surface area contributed by atoms with Gasteiger partial charge < -0.3 is 20.5 Å². The number of morpholine rings is 1. The van der Waals surface area contributed by atoms with Crippen molar-refractivity contribution in [1.29, 1.82) is 0 Å². The van der Waals surface area contributed by atoms with Gasteiger partial charge in [0.15, 0.2) is 5.96 Å². The summed E-state index contributed by atoms with van der Waals surface area (Å²) in [7, 11) is 0. The Kier molecular flexibility index (Phi) is 8.64. The molecule has 0 aromatic heterocycles. The van der Waals surface area contributed by atoms with Gasteiger partial charge in [0.2, 0.25) is 0 Å². The van der Waals surface area contributed by atoms with Gasteiger partial charge in [-0.1, -0.05) is 13.3 Å². The molecule has 1 fully saturated rings. The first-order valence-corrected chi connectivity index (χ1v) is 8.12. The van der Waals surface area contributed by atoms with Crippen LogP contribution >= 0.6 is 0 Å². The first kappa shape index (κ1) is 18.2. The number of nitrogens with zero attached hydrogens (tertiary/aromatic N) is 2. The average molecular weight is 300 g/mol. The molecule has 0 amide bonds. The summed E-state index contributed by atoms with van der Waals surface area (Å²) in [6.45, 7) is 12.1. The van der Waals surface area contributed by atoms with E-state index in [2.05, 4.69) is 27.4 Å². The van der Waals surface area contributed by atoms with E-state index in [0.29, 0.717) is 13.1 Å². The van der Waals surface area contributed by atoms with Crippen molar-refractivity contribution in [2.45, 2.75) is 39.2 Å². The zero-order chi connectivity index (χ0) is 15.6. The van der Waals surface area contributed by atoms with E-state index in [1.54, 1.807) is 0 Å². The Labute approximate surface area is 129 Å². The van der Waals surface area contributed by atoms with Gasteiger partial charge in [-0.05, 0) is 20.3 Å². The van der Waals surface area contributed by atoms with E-state index in [9.17, 15) is 5.11 Å². The normalized spacial score (nSPS) is 20.1. The molecule has 1 saturated heterocycles. The summed E-state index contributed by atoms with van der Waals surface area (Å²) in [6.07, 6.45) is 2.27. The van der Waals surface area contributed by atoms with Crippen molar-refractivity contribution in [3.8, 4) is 0 Å². The molecule has 0 radical (unpaired) electrons. The van der Waals surface area contributed by atoms with Crippen LogP contribution in [0.5, 0.6) is 0 Å². The molecule has 0 saturated carbocycles. The van der Waals surface area contributed by atoms with Crippen LogP contribution in [0.1, 0.15) is 33.6 Å². The SMILES string of the molecule is CCCCNC(=NCC(C)(O)CN1CCOCC1)NCC. The molecular formula is C15H32N4O2. The maximum atomic E-state index is 10.5. The molecule has 6 heteroatoms. The fraction of sp³-hybridized carbons (Fsp3) is 0.933. The minimum atomic E-state index is -0.815. The van der Waals surface area contributed by atoms with Gasteiger partial charge in [-0.2, -0.15) is 0 Å². The second-order valence-corrected chi connectivity index (χ2v) is 5.86. The fourth-order valence-electron chi connectivity index (χ4n) is 2.27. The molecule has 3 N–H and O–H groups in total. The van der Waals surface area contributed by atoms with Crippen LogP contribution in [0.2, 0.25) is 0 Å². The van der Waals surface area contributed by atoms with Crippen LogP contribution in [-0.4, -0.2) is 74.0 Å². The van der Waals surface area contributed by atoms with Gasteiger partial charge in [0.1, 0.15) is 0 Å². The Hall–Kier alpha value is -0.850. The quantitative estimate of drug-likeness (QED) is 0.344. The highest BCUT2D eigenvalue weighted by molar-refractivity contribution is 5.79. The zero-order valence-electron chi connectivity index (χ0n) is 13.8. The van der Waals surface area contributed by atoms with Crippen LogP contribution in [-0.2, 0) is 4.74 Å². The maximum absolute atomic E-state index is 10.5. The third kappa shape index (κ3) is 8.24. The molecule has 1 heterocycles. The fourth-order valence-corrected chi connectivity index (χ4v) is 2.27. The number of nitrogens with one attached hydrogen (secondary N) is 2. The Bertz CT molecular complexity index is 302. The van der Waals surface area contributed by atoms with Gasteiger partial charge >= 0.3 is 0 Å². The minimum Gasteiger partial charge on any atom is -0.387 e. The molecule has 0 bridgehead atoms. The summed E-state index contributed by atoms with van der Waals surface area (Å²) in [5.74, 6) is 0.785. The molecule has 1 atom stereocenters. The molecule has 6 nitrogen and oxygen atoms in total. The number of guanidine groups is 1. The van der Waals surface area contributed by atoms with Gasteiger partial charge in [-0.25, -0.2) is 0 Å². The summed E-state index contributed by atoms with van der Waals surface area (Å²) >= 11 is 0. The molecular weight excluding hydrogens is 268 g/mol. The van der Waals surface area contributed by atoms with E-state index < -0.39 is 5.60 Å². The van der Waals surface area contributed by atoms with Crippen molar-refractivity contribution in [3.63, 3.8) is 0 Å². The predicted molar refractivity (Wildman–Crippen MR) is 86.8 cm³/mol. The lowest BCUT2D eigenvalue weighted by molar-refractivity contribution is -0.0179. The van der Waals surface area contributed by atoms with Crippen molar-refractivity contribution in [1.82, 2.24) is 15.5 Å². The second-order valence-electron chi connectivity index (χ2n) is 5.86. The molecule has 21 heavy (non-hydrogen) atoms. The number of aliphatic hydroxyl groups is 1. The molecule has 0 aromatic carbocycles. The monoisotopic (exact) mass is 300 g/mol. The lowest BCUT2D eigenvalue weighted by Crippen LogP contribution is -2.48. The van der Waals surface area contributed by atoms with E-state index in [0.717, 1.165) is 58.2 Å². The maximum Gasteiger partial charge on any atom is 0.191 e. The highest BCUT2D eigenvalue weighted by Gasteiger charge is 2.25. The lowest BCUT2D eigenvalue weighted by Gasteiger charge is -2.33. The van der Waals surface area contributed by atoms with Crippen LogP contribution in [0.3, 0.4) is 0 Å². The Morgan fingerprint density at radius 2 is 2.00 bits per heavy atom. The number of hydrogen-bond donors (Lipinski definition) is 3. The lowest BCUT2D eigenvalue weighted by atomic mass is 10.1. The van der Waals surface area contributed by atoms with Crippen LogP contribution < -0.4 is 10.6 Å². The molecule has 124 valence electrons. The summed E-state index contributed by atoms with van der Waals surface area (Å²) in [6, 6.07) is 0. The average Bonchev–Trinajstić information content (AvgIpc) is 2.46. The molecule has 0 spiro atoms. The van der Waals surface area contributed by atoms with Crippen LogP contribution in [0.25, 0.3) is 0 Å². The number of rotatable bonds is 8. The molecule has 1 aliphatic heterocycles. The van der Waals surface area contributed by atoms with Crippen molar-refractivity contribution < 1.29 is 9.84 Å². The molecule has 0 aliphatic carbocycles. The molecule has 0 aromatic rings. The van der Waals surface area contributed by atoms with Gasteiger partial charge in [-0.3, -0.25) is 9.89 Å². The number of β-amino-alcohol motifs (C(OH)–C–C–N with tert-alkyl or cyclic N) is 1. The molecule has 1 rings (SSSR count). The Morgan fingerprint density at radius 3 is 2.62 bits per heavy atom. The summed E-state index contributed by atoms with van der Waals surface area (Å²) < 4.78 is 5.33. The van der Waals surface area contributed by atoms with E-state index in [1.807, 2.05) is 13.8 Å². The van der Waals surface area contributed by atoms with Gasteiger partial charge in [0, 0.05) is 32.7 Å². The summed E-state index contributed by atoms with van der Waals surface area (Å²) in [5, 5.41) is 17.0. The van der Waals surface area contributed by atoms with Gasteiger partial charge in [0.25, 0.3) is 0 Å². The van der Waals surface area contributed by atoms with Crippen molar-refractivity contribution in [2.24, 2.45) is 4.99 Å². The van der Waals surface area contributed by atoms with E-state index in [4.69, 9.17) is 4.74 Å².